The summed E-state index contributed by atoms with van der Waals surface area (Å²) in [5.74, 6) is 1.21. The average molecular weight is 281 g/mol. The van der Waals surface area contributed by atoms with Crippen LogP contribution < -0.4 is 5.73 Å². The Labute approximate surface area is 122 Å². The van der Waals surface area contributed by atoms with Crippen LogP contribution >= 0.6 is 11.8 Å². The number of rotatable bonds is 2. The molecule has 3 rings (SSSR count). The lowest BCUT2D eigenvalue weighted by atomic mass is 10.1. The van der Waals surface area contributed by atoms with Crippen molar-refractivity contribution in [2.75, 3.05) is 12.0 Å². The second-order valence-corrected chi connectivity index (χ2v) is 5.51. The van der Waals surface area contributed by atoms with E-state index in [0.717, 1.165) is 22.0 Å². The lowest BCUT2D eigenvalue weighted by Gasteiger charge is -2.08. The third kappa shape index (κ3) is 2.23. The second kappa shape index (κ2) is 5.13. The zero-order valence-corrected chi connectivity index (χ0v) is 12.2. The third-order valence-electron chi connectivity index (χ3n) is 3.31. The molecule has 2 N–H and O–H groups in total. The van der Waals surface area contributed by atoms with E-state index >= 15 is 0 Å². The highest BCUT2D eigenvalue weighted by molar-refractivity contribution is 7.98. The largest absolute Gasteiger partial charge is 0.383 e. The molecule has 0 amide bonds. The molecule has 4 heteroatoms. The summed E-state index contributed by atoms with van der Waals surface area (Å²) in [7, 11) is 0. The highest BCUT2D eigenvalue weighted by Crippen LogP contribution is 2.26. The maximum atomic E-state index is 6.10. The van der Waals surface area contributed by atoms with Crippen molar-refractivity contribution in [2.24, 2.45) is 0 Å². The fourth-order valence-corrected chi connectivity index (χ4v) is 2.67. The van der Waals surface area contributed by atoms with Gasteiger partial charge in [0.1, 0.15) is 5.82 Å². The zero-order valence-electron chi connectivity index (χ0n) is 11.4. The summed E-state index contributed by atoms with van der Waals surface area (Å²) in [5, 5.41) is 0.942. The number of nitrogens with zero attached hydrogens (tertiary/aromatic N) is 2. The molecule has 1 heterocycles. The summed E-state index contributed by atoms with van der Waals surface area (Å²) in [6.07, 6.45) is 2.06. The summed E-state index contributed by atoms with van der Waals surface area (Å²) in [5.41, 5.74) is 9.07. The minimum Gasteiger partial charge on any atom is -0.383 e. The minimum atomic E-state index is 0.539. The molecule has 0 atom stereocenters. The normalized spacial score (nSPS) is 10.9. The highest BCUT2D eigenvalue weighted by Gasteiger charge is 2.08. The zero-order chi connectivity index (χ0) is 14.1. The van der Waals surface area contributed by atoms with Crippen LogP contribution in [0.15, 0.2) is 47.4 Å². The first kappa shape index (κ1) is 12.9. The number of aromatic nitrogens is 2. The van der Waals surface area contributed by atoms with Crippen LogP contribution in [-0.4, -0.2) is 16.2 Å². The van der Waals surface area contributed by atoms with Crippen LogP contribution in [0.3, 0.4) is 0 Å². The van der Waals surface area contributed by atoms with Crippen molar-refractivity contribution in [3.63, 3.8) is 0 Å². The van der Waals surface area contributed by atoms with Gasteiger partial charge in [0.05, 0.1) is 5.52 Å². The number of nitrogens with two attached hydrogens (primary N) is 1. The molecule has 0 unspecified atom stereocenters. The smallest absolute Gasteiger partial charge is 0.162 e. The fourth-order valence-electron chi connectivity index (χ4n) is 2.26. The van der Waals surface area contributed by atoms with Gasteiger partial charge >= 0.3 is 0 Å². The van der Waals surface area contributed by atoms with Crippen LogP contribution in [0.1, 0.15) is 5.56 Å². The molecule has 0 aliphatic heterocycles. The number of hydrogen-bond donors (Lipinski definition) is 1. The first-order chi connectivity index (χ1) is 9.69. The van der Waals surface area contributed by atoms with Crippen molar-refractivity contribution in [2.45, 2.75) is 11.8 Å². The van der Waals surface area contributed by atoms with E-state index in [0.29, 0.717) is 11.6 Å². The monoisotopic (exact) mass is 281 g/mol. The fraction of sp³-hybridized carbons (Fsp3) is 0.125. The van der Waals surface area contributed by atoms with Gasteiger partial charge in [-0.1, -0.05) is 24.3 Å². The van der Waals surface area contributed by atoms with Gasteiger partial charge in [0, 0.05) is 15.8 Å². The van der Waals surface area contributed by atoms with E-state index in [1.165, 1.54) is 4.90 Å². The van der Waals surface area contributed by atoms with Gasteiger partial charge in [0.15, 0.2) is 5.82 Å². The van der Waals surface area contributed by atoms with E-state index in [-0.39, 0.29) is 0 Å². The Bertz CT molecular complexity index is 767. The molecule has 0 fully saturated rings. The number of anilines is 1. The van der Waals surface area contributed by atoms with Gasteiger partial charge in [-0.15, -0.1) is 11.8 Å². The van der Waals surface area contributed by atoms with Gasteiger partial charge in [0.2, 0.25) is 0 Å². The Kier molecular flexibility index (Phi) is 3.32. The first-order valence-corrected chi connectivity index (χ1v) is 7.59. The molecule has 3 aromatic rings. The lowest BCUT2D eigenvalue weighted by Crippen LogP contribution is -1.99. The number of fused-ring (bicyclic) bond motifs is 1. The van der Waals surface area contributed by atoms with Crippen LogP contribution in [0.2, 0.25) is 0 Å². The Morgan fingerprint density at radius 3 is 2.45 bits per heavy atom. The van der Waals surface area contributed by atoms with Crippen LogP contribution in [0.5, 0.6) is 0 Å². The molecule has 0 saturated carbocycles. The van der Waals surface area contributed by atoms with E-state index in [1.54, 1.807) is 11.8 Å². The highest BCUT2D eigenvalue weighted by atomic mass is 32.2. The summed E-state index contributed by atoms with van der Waals surface area (Å²) in [6, 6.07) is 14.2. The van der Waals surface area contributed by atoms with Gasteiger partial charge in [-0.05, 0) is 36.9 Å². The van der Waals surface area contributed by atoms with E-state index in [1.807, 2.05) is 37.3 Å². The third-order valence-corrected chi connectivity index (χ3v) is 4.05. The van der Waals surface area contributed by atoms with E-state index in [9.17, 15) is 0 Å². The molecule has 0 saturated heterocycles. The van der Waals surface area contributed by atoms with Crippen molar-refractivity contribution in [3.8, 4) is 11.4 Å². The van der Waals surface area contributed by atoms with Crippen molar-refractivity contribution >= 4 is 28.5 Å². The summed E-state index contributed by atoms with van der Waals surface area (Å²) >= 11 is 1.71. The first-order valence-electron chi connectivity index (χ1n) is 6.36. The van der Waals surface area contributed by atoms with Crippen molar-refractivity contribution in [1.29, 1.82) is 0 Å². The molecule has 100 valence electrons. The number of benzene rings is 2. The van der Waals surface area contributed by atoms with Crippen LogP contribution in [0, 0.1) is 6.92 Å². The van der Waals surface area contributed by atoms with Crippen LogP contribution in [-0.2, 0) is 0 Å². The van der Waals surface area contributed by atoms with Crippen LogP contribution in [0.25, 0.3) is 22.3 Å². The van der Waals surface area contributed by atoms with Gasteiger partial charge in [-0.25, -0.2) is 9.97 Å². The Hall–Kier alpha value is -2.07. The predicted octanol–water partition coefficient (Wildman–Crippen LogP) is 3.91. The number of aryl methyl sites for hydroxylation is 1. The standard InChI is InChI=1S/C16H15N3S/c1-10-4-3-5-13-14(10)15(17)19-16(18-13)11-6-8-12(20-2)9-7-11/h3-9H,1-2H3,(H2,17,18,19). The van der Waals surface area contributed by atoms with E-state index in [4.69, 9.17) is 5.73 Å². The average Bonchev–Trinajstić information content (AvgIpc) is 2.47. The van der Waals surface area contributed by atoms with Crippen LogP contribution in [0.4, 0.5) is 5.82 Å². The molecule has 20 heavy (non-hydrogen) atoms. The molecule has 0 spiro atoms. The van der Waals surface area contributed by atoms with Gasteiger partial charge in [0.25, 0.3) is 0 Å². The van der Waals surface area contributed by atoms with Crippen molar-refractivity contribution in [3.05, 3.63) is 48.0 Å². The predicted molar refractivity (Wildman–Crippen MR) is 85.9 cm³/mol. The molecule has 0 radical (unpaired) electrons. The molecule has 1 aromatic heterocycles. The second-order valence-electron chi connectivity index (χ2n) is 4.63. The minimum absolute atomic E-state index is 0.539. The lowest BCUT2D eigenvalue weighted by molar-refractivity contribution is 1.22. The van der Waals surface area contributed by atoms with Gasteiger partial charge in [-0.3, -0.25) is 0 Å². The molecule has 0 aliphatic rings. The van der Waals surface area contributed by atoms with E-state index in [2.05, 4.69) is 28.4 Å². The quantitative estimate of drug-likeness (QED) is 0.724. The number of hydrogen-bond acceptors (Lipinski definition) is 4. The Morgan fingerprint density at radius 2 is 1.75 bits per heavy atom. The van der Waals surface area contributed by atoms with Gasteiger partial charge < -0.3 is 5.73 Å². The summed E-state index contributed by atoms with van der Waals surface area (Å²) in [6.45, 7) is 2.02. The van der Waals surface area contributed by atoms with Crippen molar-refractivity contribution < 1.29 is 0 Å². The molecule has 0 bridgehead atoms. The molecule has 3 nitrogen and oxygen atoms in total. The summed E-state index contributed by atoms with van der Waals surface area (Å²) < 4.78 is 0. The Morgan fingerprint density at radius 1 is 1.00 bits per heavy atom. The SMILES string of the molecule is CSc1ccc(-c2nc(N)c3c(C)cccc3n2)cc1. The molecular formula is C16H15N3S. The maximum absolute atomic E-state index is 6.10. The number of thioether (sulfide) groups is 1. The summed E-state index contributed by atoms with van der Waals surface area (Å²) in [4.78, 5) is 10.3. The molecule has 0 aliphatic carbocycles. The van der Waals surface area contributed by atoms with Crippen molar-refractivity contribution in [1.82, 2.24) is 9.97 Å². The Balaban J connectivity index is 2.17. The van der Waals surface area contributed by atoms with Gasteiger partial charge in [-0.2, -0.15) is 0 Å². The van der Waals surface area contributed by atoms with E-state index < -0.39 is 0 Å². The maximum Gasteiger partial charge on any atom is 0.162 e. The number of nitrogen functional groups attached to an aromatic ring is 1. The molecule has 2 aromatic carbocycles. The topological polar surface area (TPSA) is 51.8 Å². The molecular weight excluding hydrogens is 266 g/mol.